The highest BCUT2D eigenvalue weighted by molar-refractivity contribution is 9.10. The fourth-order valence-corrected chi connectivity index (χ4v) is 3.47. The minimum absolute atomic E-state index is 0.0733. The topological polar surface area (TPSA) is 77.8 Å². The predicted octanol–water partition coefficient (Wildman–Crippen LogP) is 3.56. The lowest BCUT2D eigenvalue weighted by molar-refractivity contribution is -0.140. The molecule has 1 heterocycles. The molecule has 1 amide bonds. The molecule has 2 aromatic rings. The molecule has 2 aromatic carbocycles. The van der Waals surface area contributed by atoms with Crippen LogP contribution in [0.2, 0.25) is 0 Å². The van der Waals surface area contributed by atoms with Gasteiger partial charge in [-0.15, -0.1) is 0 Å². The molecule has 0 saturated carbocycles. The van der Waals surface area contributed by atoms with Gasteiger partial charge in [-0.05, 0) is 31.0 Å². The second-order valence-corrected chi connectivity index (χ2v) is 7.40. The molecule has 1 fully saturated rings. The summed E-state index contributed by atoms with van der Waals surface area (Å²) in [5.41, 5.74) is 2.32. The molecule has 3 rings (SSSR count). The van der Waals surface area contributed by atoms with Crippen molar-refractivity contribution in [2.75, 3.05) is 13.2 Å². The quantitative estimate of drug-likeness (QED) is 0.432. The molecule has 1 saturated heterocycles. The molecule has 0 unspecified atom stereocenters. The first-order chi connectivity index (χ1) is 12.9. The summed E-state index contributed by atoms with van der Waals surface area (Å²) in [6.07, 6.45) is 0.352. The maximum absolute atomic E-state index is 12.7. The zero-order chi connectivity index (χ0) is 19.6. The van der Waals surface area contributed by atoms with Gasteiger partial charge < -0.3 is 15.1 Å². The second-order valence-electron chi connectivity index (χ2n) is 6.49. The molecule has 0 radical (unpaired) electrons. The molecule has 0 aromatic heterocycles. The third-order valence-corrected chi connectivity index (χ3v) is 5.14. The van der Waals surface area contributed by atoms with Crippen molar-refractivity contribution in [2.24, 2.45) is 0 Å². The third kappa shape index (κ3) is 3.82. The Hall–Kier alpha value is -2.44. The number of hydrogen-bond acceptors (Lipinski definition) is 4. The van der Waals surface area contributed by atoms with Crippen molar-refractivity contribution < 1.29 is 19.8 Å². The number of aliphatic hydroxyl groups excluding tert-OH is 2. The van der Waals surface area contributed by atoms with Gasteiger partial charge in [0.05, 0.1) is 11.6 Å². The first-order valence-corrected chi connectivity index (χ1v) is 9.45. The van der Waals surface area contributed by atoms with E-state index < -0.39 is 17.7 Å². The molecule has 6 heteroatoms. The van der Waals surface area contributed by atoms with Crippen molar-refractivity contribution in [1.29, 1.82) is 0 Å². The number of halogens is 1. The van der Waals surface area contributed by atoms with Crippen LogP contribution < -0.4 is 0 Å². The summed E-state index contributed by atoms with van der Waals surface area (Å²) < 4.78 is 0.872. The number of benzene rings is 2. The molecular weight excluding hydrogens is 410 g/mol. The lowest BCUT2D eigenvalue weighted by Gasteiger charge is -2.25. The predicted molar refractivity (Wildman–Crippen MR) is 106 cm³/mol. The second kappa shape index (κ2) is 8.06. The Morgan fingerprint density at radius 1 is 1.07 bits per heavy atom. The van der Waals surface area contributed by atoms with Gasteiger partial charge in [-0.25, -0.2) is 0 Å². The van der Waals surface area contributed by atoms with E-state index in [0.29, 0.717) is 12.0 Å². The fraction of sp³-hybridized carbons (Fsp3) is 0.238. The van der Waals surface area contributed by atoms with Gasteiger partial charge in [-0.1, -0.05) is 57.9 Å². The van der Waals surface area contributed by atoms with E-state index in [-0.39, 0.29) is 24.5 Å². The molecule has 1 aliphatic rings. The summed E-state index contributed by atoms with van der Waals surface area (Å²) >= 11 is 3.38. The molecule has 140 valence electrons. The van der Waals surface area contributed by atoms with Crippen LogP contribution in [-0.4, -0.2) is 40.0 Å². The maximum Gasteiger partial charge on any atom is 0.295 e. The highest BCUT2D eigenvalue weighted by Gasteiger charge is 2.45. The third-order valence-electron chi connectivity index (χ3n) is 4.61. The van der Waals surface area contributed by atoms with Gasteiger partial charge in [-0.2, -0.15) is 0 Å². The van der Waals surface area contributed by atoms with Crippen LogP contribution in [0.5, 0.6) is 0 Å². The number of amides is 1. The van der Waals surface area contributed by atoms with Gasteiger partial charge in [0.2, 0.25) is 0 Å². The number of carbonyl (C=O) groups is 2. The van der Waals surface area contributed by atoms with E-state index in [1.165, 1.54) is 4.90 Å². The number of carbonyl (C=O) groups excluding carboxylic acids is 2. The molecule has 5 nitrogen and oxygen atoms in total. The van der Waals surface area contributed by atoms with Gasteiger partial charge in [-0.3, -0.25) is 9.59 Å². The average molecular weight is 430 g/mol. The van der Waals surface area contributed by atoms with Crippen molar-refractivity contribution in [3.05, 3.63) is 75.3 Å². The monoisotopic (exact) mass is 429 g/mol. The lowest BCUT2D eigenvalue weighted by atomic mass is 9.95. The summed E-state index contributed by atoms with van der Waals surface area (Å²) in [4.78, 5) is 26.8. The highest BCUT2D eigenvalue weighted by Crippen LogP contribution is 2.39. The molecular formula is C21H20BrNO4. The Morgan fingerprint density at radius 2 is 1.70 bits per heavy atom. The summed E-state index contributed by atoms with van der Waals surface area (Å²) in [5, 5.41) is 20.0. The van der Waals surface area contributed by atoms with E-state index in [4.69, 9.17) is 5.11 Å². The van der Waals surface area contributed by atoms with E-state index in [1.807, 2.05) is 43.3 Å². The number of aliphatic hydroxyl groups is 2. The van der Waals surface area contributed by atoms with Crippen LogP contribution in [-0.2, 0) is 9.59 Å². The fourth-order valence-electron chi connectivity index (χ4n) is 3.21. The Balaban J connectivity index is 2.14. The molecule has 2 N–H and O–H groups in total. The van der Waals surface area contributed by atoms with Crippen LogP contribution in [0.4, 0.5) is 0 Å². The van der Waals surface area contributed by atoms with E-state index in [2.05, 4.69) is 15.9 Å². The van der Waals surface area contributed by atoms with Crippen LogP contribution in [0, 0.1) is 6.92 Å². The SMILES string of the molecule is Cc1ccc(C(O)=C2C(=O)C(=O)N(CCCO)[C@H]2c2ccc(Br)cc2)cc1. The van der Waals surface area contributed by atoms with Gasteiger partial charge in [0.25, 0.3) is 11.7 Å². The van der Waals surface area contributed by atoms with E-state index in [9.17, 15) is 14.7 Å². The number of ketones is 1. The van der Waals surface area contributed by atoms with Crippen LogP contribution in [0.1, 0.15) is 29.2 Å². The largest absolute Gasteiger partial charge is 0.507 e. The normalized spacial score (nSPS) is 18.9. The molecule has 1 aliphatic heterocycles. The van der Waals surface area contributed by atoms with Crippen LogP contribution >= 0.6 is 15.9 Å². The van der Waals surface area contributed by atoms with Gasteiger partial charge in [0.1, 0.15) is 5.76 Å². The van der Waals surface area contributed by atoms with Gasteiger partial charge in [0.15, 0.2) is 0 Å². The minimum atomic E-state index is -0.709. The van der Waals surface area contributed by atoms with Crippen molar-refractivity contribution in [2.45, 2.75) is 19.4 Å². The highest BCUT2D eigenvalue weighted by atomic mass is 79.9. The zero-order valence-corrected chi connectivity index (χ0v) is 16.4. The number of nitrogens with zero attached hydrogens (tertiary/aromatic N) is 1. The molecule has 0 spiro atoms. The number of rotatable bonds is 5. The minimum Gasteiger partial charge on any atom is -0.507 e. The Morgan fingerprint density at radius 3 is 2.30 bits per heavy atom. The first-order valence-electron chi connectivity index (χ1n) is 8.66. The smallest absolute Gasteiger partial charge is 0.295 e. The summed E-state index contributed by atoms with van der Waals surface area (Å²) in [5.74, 6) is -1.56. The standard InChI is InChI=1S/C21H20BrNO4/c1-13-3-5-15(6-4-13)19(25)17-18(14-7-9-16(22)10-8-14)23(11-2-12-24)21(27)20(17)26/h3-10,18,24-25H,2,11-12H2,1H3/t18-/m0/s1. The van der Waals surface area contributed by atoms with Crippen molar-refractivity contribution in [1.82, 2.24) is 4.90 Å². The van der Waals surface area contributed by atoms with Crippen molar-refractivity contribution >= 4 is 33.4 Å². The summed E-state index contributed by atoms with van der Waals surface area (Å²) in [7, 11) is 0. The van der Waals surface area contributed by atoms with Crippen LogP contribution in [0.25, 0.3) is 5.76 Å². The molecule has 0 bridgehead atoms. The Labute approximate surface area is 166 Å². The summed E-state index contributed by atoms with van der Waals surface area (Å²) in [6, 6.07) is 13.7. The number of aryl methyl sites for hydroxylation is 1. The van der Waals surface area contributed by atoms with E-state index >= 15 is 0 Å². The molecule has 27 heavy (non-hydrogen) atoms. The van der Waals surface area contributed by atoms with E-state index in [0.717, 1.165) is 15.6 Å². The average Bonchev–Trinajstić information content (AvgIpc) is 2.91. The first kappa shape index (κ1) is 19.3. The van der Waals surface area contributed by atoms with Crippen molar-refractivity contribution in [3.63, 3.8) is 0 Å². The zero-order valence-electron chi connectivity index (χ0n) is 14.9. The maximum atomic E-state index is 12.7. The molecule has 0 aliphatic carbocycles. The van der Waals surface area contributed by atoms with E-state index in [1.54, 1.807) is 12.1 Å². The number of Topliss-reactive ketones (excluding diaryl/α,β-unsaturated/α-hetero) is 1. The van der Waals surface area contributed by atoms with Gasteiger partial charge >= 0.3 is 0 Å². The summed E-state index contributed by atoms with van der Waals surface area (Å²) in [6.45, 7) is 2.07. The van der Waals surface area contributed by atoms with Crippen LogP contribution in [0.15, 0.2) is 58.6 Å². The lowest BCUT2D eigenvalue weighted by Crippen LogP contribution is -2.31. The Kier molecular flexibility index (Phi) is 5.77. The van der Waals surface area contributed by atoms with Crippen LogP contribution in [0.3, 0.4) is 0 Å². The number of hydrogen-bond donors (Lipinski definition) is 2. The van der Waals surface area contributed by atoms with Crippen molar-refractivity contribution in [3.8, 4) is 0 Å². The Bertz CT molecular complexity index is 887. The van der Waals surface area contributed by atoms with Gasteiger partial charge in [0, 0.05) is 23.2 Å². The number of likely N-dealkylation sites (tertiary alicyclic amines) is 1. The molecule has 1 atom stereocenters.